The van der Waals surface area contributed by atoms with Crippen LogP contribution in [0.3, 0.4) is 0 Å². The van der Waals surface area contributed by atoms with Gasteiger partial charge in [0.05, 0.1) is 6.10 Å². The third kappa shape index (κ3) is 2.03. The molecule has 0 bridgehead atoms. The summed E-state index contributed by atoms with van der Waals surface area (Å²) in [6.07, 6.45) is -4.90. The molecule has 4 N–H and O–H groups in total. The van der Waals surface area contributed by atoms with E-state index in [0.29, 0.717) is 0 Å². The first-order valence-corrected chi connectivity index (χ1v) is 3.43. The van der Waals surface area contributed by atoms with Gasteiger partial charge in [0.15, 0.2) is 0 Å². The monoisotopic (exact) mass is 218 g/mol. The number of aliphatic hydroxyl groups is 4. The SMILES string of the molecule is C[C@H](O)[C@@H](O)[C@](O)(F)[C@@](O)(F)C(=O)F. The zero-order chi connectivity index (χ0) is 11.7. The molecule has 0 spiro atoms. The van der Waals surface area contributed by atoms with Crippen molar-refractivity contribution in [2.24, 2.45) is 0 Å². The zero-order valence-electron chi connectivity index (χ0n) is 6.99. The lowest BCUT2D eigenvalue weighted by Gasteiger charge is -2.32. The summed E-state index contributed by atoms with van der Waals surface area (Å²) in [5.41, 5.74) is 0. The van der Waals surface area contributed by atoms with Gasteiger partial charge in [-0.25, -0.2) is 4.39 Å². The maximum atomic E-state index is 12.8. The second kappa shape index (κ2) is 3.81. The summed E-state index contributed by atoms with van der Waals surface area (Å²) < 4.78 is 37.1. The molecule has 5 nitrogen and oxygen atoms in total. The van der Waals surface area contributed by atoms with Crippen molar-refractivity contribution in [1.29, 1.82) is 0 Å². The molecule has 0 fully saturated rings. The van der Waals surface area contributed by atoms with Crippen LogP contribution >= 0.6 is 0 Å². The lowest BCUT2D eigenvalue weighted by molar-refractivity contribution is -0.320. The van der Waals surface area contributed by atoms with Gasteiger partial charge in [-0.05, 0) is 6.92 Å². The van der Waals surface area contributed by atoms with Crippen LogP contribution in [0.5, 0.6) is 0 Å². The fraction of sp³-hybridized carbons (Fsp3) is 0.833. The van der Waals surface area contributed by atoms with E-state index in [1.165, 1.54) is 0 Å². The van der Waals surface area contributed by atoms with E-state index in [1.807, 2.05) is 0 Å². The zero-order valence-corrected chi connectivity index (χ0v) is 6.99. The molecular formula is C6H9F3O5. The van der Waals surface area contributed by atoms with E-state index in [1.54, 1.807) is 0 Å². The molecule has 0 saturated carbocycles. The highest BCUT2D eigenvalue weighted by atomic mass is 19.2. The van der Waals surface area contributed by atoms with Gasteiger partial charge in [0, 0.05) is 0 Å². The number of carbonyl (C=O) groups is 1. The molecular weight excluding hydrogens is 209 g/mol. The van der Waals surface area contributed by atoms with Gasteiger partial charge in [0.2, 0.25) is 0 Å². The molecule has 0 aliphatic carbocycles. The van der Waals surface area contributed by atoms with Crippen LogP contribution in [-0.2, 0) is 4.79 Å². The maximum absolute atomic E-state index is 12.8. The van der Waals surface area contributed by atoms with Crippen LogP contribution in [-0.4, -0.2) is 50.4 Å². The molecule has 0 aromatic rings. The van der Waals surface area contributed by atoms with Crippen LogP contribution in [0.4, 0.5) is 13.2 Å². The fourth-order valence-corrected chi connectivity index (χ4v) is 0.653. The van der Waals surface area contributed by atoms with Gasteiger partial charge in [-0.3, -0.25) is 4.79 Å². The molecule has 0 amide bonds. The summed E-state index contributed by atoms with van der Waals surface area (Å²) in [5.74, 6) is -9.56. The Morgan fingerprint density at radius 3 is 1.86 bits per heavy atom. The molecule has 0 aromatic carbocycles. The number of hydrogen-bond donors (Lipinski definition) is 4. The van der Waals surface area contributed by atoms with E-state index in [2.05, 4.69) is 0 Å². The van der Waals surface area contributed by atoms with Crippen LogP contribution in [0.2, 0.25) is 0 Å². The van der Waals surface area contributed by atoms with E-state index in [4.69, 9.17) is 20.4 Å². The summed E-state index contributed by atoms with van der Waals surface area (Å²) in [7, 11) is 0. The Balaban J connectivity index is 5.03. The molecule has 0 saturated heterocycles. The number of rotatable bonds is 4. The topological polar surface area (TPSA) is 98.0 Å². The largest absolute Gasteiger partial charge is 0.390 e. The van der Waals surface area contributed by atoms with Crippen LogP contribution in [0.25, 0.3) is 0 Å². The summed E-state index contributed by atoms with van der Waals surface area (Å²) in [5, 5.41) is 33.9. The van der Waals surface area contributed by atoms with Crippen LogP contribution < -0.4 is 0 Å². The molecule has 0 rings (SSSR count). The van der Waals surface area contributed by atoms with Gasteiger partial charge >= 0.3 is 17.7 Å². The molecule has 4 atom stereocenters. The van der Waals surface area contributed by atoms with Crippen LogP contribution in [0.1, 0.15) is 6.92 Å². The Hall–Kier alpha value is -0.700. The van der Waals surface area contributed by atoms with Gasteiger partial charge in [0.25, 0.3) is 0 Å². The third-order valence-corrected chi connectivity index (χ3v) is 1.57. The highest BCUT2D eigenvalue weighted by Crippen LogP contribution is 2.32. The Labute approximate surface area is 76.4 Å². The molecule has 0 unspecified atom stereocenters. The van der Waals surface area contributed by atoms with Gasteiger partial charge in [-0.15, -0.1) is 0 Å². The number of aliphatic hydroxyl groups excluding tert-OH is 2. The molecule has 0 aliphatic rings. The quantitative estimate of drug-likeness (QED) is 0.432. The van der Waals surface area contributed by atoms with Crippen molar-refractivity contribution in [2.75, 3.05) is 0 Å². The average Bonchev–Trinajstić information content (AvgIpc) is 2.01. The highest BCUT2D eigenvalue weighted by molar-refractivity contribution is 5.77. The molecule has 0 heterocycles. The minimum absolute atomic E-state index is 0.730. The molecule has 0 aromatic heterocycles. The first-order chi connectivity index (χ1) is 6.05. The summed E-state index contributed by atoms with van der Waals surface area (Å²) in [6, 6.07) is -3.22. The van der Waals surface area contributed by atoms with Crippen molar-refractivity contribution < 1.29 is 38.4 Å². The minimum Gasteiger partial charge on any atom is -0.390 e. The molecule has 0 aliphatic heterocycles. The predicted octanol–water partition coefficient (Wildman–Crippen LogP) is -1.46. The lowest BCUT2D eigenvalue weighted by atomic mass is 10.00. The van der Waals surface area contributed by atoms with E-state index >= 15 is 0 Å². The Morgan fingerprint density at radius 2 is 1.64 bits per heavy atom. The van der Waals surface area contributed by atoms with E-state index in [9.17, 15) is 18.0 Å². The fourth-order valence-electron chi connectivity index (χ4n) is 0.653. The van der Waals surface area contributed by atoms with Crippen LogP contribution in [0, 0.1) is 0 Å². The summed E-state index contributed by atoms with van der Waals surface area (Å²) in [4.78, 5) is 9.75. The lowest BCUT2D eigenvalue weighted by Crippen LogP contribution is -2.61. The number of carbonyl (C=O) groups excluding carboxylic acids is 1. The summed E-state index contributed by atoms with van der Waals surface area (Å²) >= 11 is 0. The molecule has 14 heavy (non-hydrogen) atoms. The third-order valence-electron chi connectivity index (χ3n) is 1.57. The molecule has 8 heteroatoms. The maximum Gasteiger partial charge on any atom is 0.371 e. The Kier molecular flexibility index (Phi) is 3.62. The average molecular weight is 218 g/mol. The minimum atomic E-state index is -4.93. The van der Waals surface area contributed by atoms with Crippen molar-refractivity contribution in [2.45, 2.75) is 30.8 Å². The van der Waals surface area contributed by atoms with Crippen molar-refractivity contribution >= 4 is 6.04 Å². The van der Waals surface area contributed by atoms with E-state index < -0.39 is 30.0 Å². The predicted molar refractivity (Wildman–Crippen MR) is 35.9 cm³/mol. The molecule has 84 valence electrons. The van der Waals surface area contributed by atoms with Gasteiger partial charge in [-0.2, -0.15) is 8.78 Å². The van der Waals surface area contributed by atoms with Gasteiger partial charge in [-0.1, -0.05) is 0 Å². The van der Waals surface area contributed by atoms with Crippen molar-refractivity contribution in [1.82, 2.24) is 0 Å². The van der Waals surface area contributed by atoms with E-state index in [0.717, 1.165) is 6.92 Å². The van der Waals surface area contributed by atoms with Gasteiger partial charge < -0.3 is 20.4 Å². The standard InChI is InChI=1S/C6H9F3O5/c1-2(10)3(11)5(8,13)6(9,14)4(7)12/h2-3,10-11,13-14H,1H3/t2-,3+,5+,6+/m0/s1. The first-order valence-electron chi connectivity index (χ1n) is 3.43. The van der Waals surface area contributed by atoms with Gasteiger partial charge in [0.1, 0.15) is 6.10 Å². The Bertz CT molecular complexity index is 228. The van der Waals surface area contributed by atoms with Crippen LogP contribution in [0.15, 0.2) is 0 Å². The second-order valence-electron chi connectivity index (χ2n) is 2.75. The second-order valence-corrected chi connectivity index (χ2v) is 2.75. The van der Waals surface area contributed by atoms with E-state index in [-0.39, 0.29) is 0 Å². The van der Waals surface area contributed by atoms with Crippen molar-refractivity contribution in [3.05, 3.63) is 0 Å². The normalized spacial score (nSPS) is 24.6. The number of halogens is 3. The Morgan fingerprint density at radius 1 is 1.29 bits per heavy atom. The first kappa shape index (κ1) is 13.3. The van der Waals surface area contributed by atoms with Crippen molar-refractivity contribution in [3.63, 3.8) is 0 Å². The summed E-state index contributed by atoms with van der Waals surface area (Å²) in [6.45, 7) is 0.730. The highest BCUT2D eigenvalue weighted by Gasteiger charge is 2.63. The smallest absolute Gasteiger partial charge is 0.371 e. The molecule has 0 radical (unpaired) electrons. The number of hydrogen-bond acceptors (Lipinski definition) is 5. The number of alkyl halides is 2. The van der Waals surface area contributed by atoms with Crippen molar-refractivity contribution in [3.8, 4) is 0 Å².